The first-order valence-electron chi connectivity index (χ1n) is 14.7. The van der Waals surface area contributed by atoms with E-state index in [1.807, 2.05) is 54.7 Å². The molecule has 2 nitrogen and oxygen atoms in total. The lowest BCUT2D eigenvalue weighted by Gasteiger charge is -2.34. The summed E-state index contributed by atoms with van der Waals surface area (Å²) in [4.78, 5) is 10.2. The number of nitrogens with zero attached hydrogens (tertiary/aromatic N) is 2. The Kier molecular flexibility index (Phi) is 7.72. The van der Waals surface area contributed by atoms with E-state index in [0.717, 1.165) is 38.8 Å². The Morgan fingerprint density at radius 1 is 0.386 bits per heavy atom. The summed E-state index contributed by atoms with van der Waals surface area (Å²) in [6.07, 6.45) is 1.89. The van der Waals surface area contributed by atoms with Crippen molar-refractivity contribution in [2.24, 2.45) is 0 Å². The van der Waals surface area contributed by atoms with Crippen LogP contribution in [0, 0.1) is 0 Å². The molecule has 0 radical (unpaired) electrons. The number of benzene rings is 6. The first kappa shape index (κ1) is 27.7. The van der Waals surface area contributed by atoms with Crippen LogP contribution in [-0.4, -0.2) is 18.0 Å². The minimum Gasteiger partial charge on any atom is -0.252 e. The average Bonchev–Trinajstić information content (AvgIpc) is 3.11. The predicted octanol–water partition coefficient (Wildman–Crippen LogP) is 7.51. The lowest BCUT2D eigenvalue weighted by Crippen LogP contribution is -2.74. The fourth-order valence-corrected chi connectivity index (χ4v) is 10.9. The third kappa shape index (κ3) is 5.17. The van der Waals surface area contributed by atoms with Crippen molar-refractivity contribution in [3.05, 3.63) is 181 Å². The van der Waals surface area contributed by atoms with E-state index in [1.165, 1.54) is 20.7 Å². The maximum absolute atomic E-state index is 6.40. The molecule has 0 aliphatic heterocycles. The van der Waals surface area contributed by atoms with E-state index in [2.05, 4.69) is 121 Å². The lowest BCUT2D eigenvalue weighted by molar-refractivity contribution is 1.21. The minimum atomic E-state index is -2.66. The second-order valence-corrected chi connectivity index (χ2v) is 15.0. The molecule has 0 aliphatic rings. The number of hydrogen-bond donors (Lipinski definition) is 0. The van der Waals surface area contributed by atoms with Crippen LogP contribution in [0.3, 0.4) is 0 Å². The van der Waals surface area contributed by atoms with Gasteiger partial charge in [0.05, 0.1) is 23.3 Å². The maximum Gasteiger partial charge on any atom is 0.179 e. The van der Waals surface area contributed by atoms with E-state index < -0.39 is 8.07 Å². The van der Waals surface area contributed by atoms with Crippen molar-refractivity contribution in [3.63, 3.8) is 0 Å². The molecule has 0 saturated heterocycles. The van der Waals surface area contributed by atoms with Gasteiger partial charge in [-0.05, 0) is 32.9 Å². The van der Waals surface area contributed by atoms with Crippen molar-refractivity contribution in [1.82, 2.24) is 9.97 Å². The molecule has 0 unspecified atom stereocenters. The highest BCUT2D eigenvalue weighted by Crippen LogP contribution is 2.31. The Morgan fingerprint density at radius 3 is 1.30 bits per heavy atom. The standard InChI is InChI=1S/C40H29ClN2Si/c41-33-23-27-37(28-24-33)44(34-17-9-3-10-18-34,35-19-11-4-12-20-35)36-25-21-30(22-26-36)38-29-42-39(31-13-5-1-6-14-31)40(43-38)32-15-7-2-8-16-32/h1-29H. The van der Waals surface area contributed by atoms with Gasteiger partial charge in [-0.2, -0.15) is 0 Å². The fourth-order valence-electron chi connectivity index (χ4n) is 6.10. The quantitative estimate of drug-likeness (QED) is 0.140. The number of rotatable bonds is 7. The molecular formula is C40H29ClN2Si. The molecule has 1 heterocycles. The van der Waals surface area contributed by atoms with Crippen molar-refractivity contribution in [1.29, 1.82) is 0 Å². The Hall–Kier alpha value is -5.09. The molecule has 4 heteroatoms. The summed E-state index contributed by atoms with van der Waals surface area (Å²) in [6.45, 7) is 0. The first-order valence-corrected chi connectivity index (χ1v) is 17.1. The Balaban J connectivity index is 1.39. The SMILES string of the molecule is Clc1ccc([Si](c2ccccc2)(c2ccccc2)c2ccc(-c3cnc(-c4ccccc4)c(-c4ccccc4)n3)cc2)cc1. The van der Waals surface area contributed by atoms with Gasteiger partial charge in [0.2, 0.25) is 0 Å². The van der Waals surface area contributed by atoms with Gasteiger partial charge in [0.25, 0.3) is 0 Å². The van der Waals surface area contributed by atoms with Crippen LogP contribution in [0.4, 0.5) is 0 Å². The predicted molar refractivity (Wildman–Crippen MR) is 187 cm³/mol. The molecule has 7 aromatic rings. The molecule has 0 fully saturated rings. The molecule has 7 rings (SSSR count). The molecule has 0 aliphatic carbocycles. The molecule has 1 aromatic heterocycles. The third-order valence-corrected chi connectivity index (χ3v) is 13.2. The average molecular weight is 601 g/mol. The summed E-state index contributed by atoms with van der Waals surface area (Å²) in [5, 5.41) is 5.95. The molecule has 0 atom stereocenters. The summed E-state index contributed by atoms with van der Waals surface area (Å²) in [6, 6.07) is 59.7. The normalized spacial score (nSPS) is 11.3. The monoisotopic (exact) mass is 600 g/mol. The molecule has 0 amide bonds. The van der Waals surface area contributed by atoms with Crippen LogP contribution in [0.15, 0.2) is 176 Å². The molecule has 0 N–H and O–H groups in total. The molecule has 210 valence electrons. The van der Waals surface area contributed by atoms with Gasteiger partial charge >= 0.3 is 0 Å². The van der Waals surface area contributed by atoms with Gasteiger partial charge < -0.3 is 0 Å². The van der Waals surface area contributed by atoms with E-state index in [0.29, 0.717) is 0 Å². The molecule has 6 aromatic carbocycles. The van der Waals surface area contributed by atoms with Crippen LogP contribution in [-0.2, 0) is 0 Å². The zero-order chi connectivity index (χ0) is 29.8. The lowest BCUT2D eigenvalue weighted by atomic mass is 10.0. The summed E-state index contributed by atoms with van der Waals surface area (Å²) < 4.78 is 0. The van der Waals surface area contributed by atoms with Gasteiger partial charge in [0, 0.05) is 21.7 Å². The van der Waals surface area contributed by atoms with Crippen LogP contribution in [0.2, 0.25) is 5.02 Å². The van der Waals surface area contributed by atoms with Gasteiger partial charge in [0.1, 0.15) is 0 Å². The van der Waals surface area contributed by atoms with Gasteiger partial charge in [-0.3, -0.25) is 4.98 Å². The third-order valence-electron chi connectivity index (χ3n) is 8.17. The maximum atomic E-state index is 6.40. The molecule has 0 bridgehead atoms. The zero-order valence-corrected chi connectivity index (χ0v) is 25.8. The summed E-state index contributed by atoms with van der Waals surface area (Å²) in [5.41, 5.74) is 5.70. The summed E-state index contributed by atoms with van der Waals surface area (Å²) in [5.74, 6) is 0. The van der Waals surface area contributed by atoms with Crippen LogP contribution in [0.5, 0.6) is 0 Å². The van der Waals surface area contributed by atoms with Crippen LogP contribution in [0.1, 0.15) is 0 Å². The van der Waals surface area contributed by atoms with Crippen LogP contribution in [0.25, 0.3) is 33.8 Å². The van der Waals surface area contributed by atoms with Gasteiger partial charge in [-0.25, -0.2) is 4.98 Å². The molecular weight excluding hydrogens is 572 g/mol. The van der Waals surface area contributed by atoms with E-state index in [4.69, 9.17) is 21.6 Å². The molecule has 0 saturated carbocycles. The van der Waals surface area contributed by atoms with Crippen molar-refractivity contribution in [3.8, 4) is 33.8 Å². The van der Waals surface area contributed by atoms with Crippen LogP contribution < -0.4 is 20.7 Å². The van der Waals surface area contributed by atoms with Gasteiger partial charge in [-0.1, -0.05) is 169 Å². The first-order chi connectivity index (χ1) is 21.7. The van der Waals surface area contributed by atoms with E-state index in [9.17, 15) is 0 Å². The highest BCUT2D eigenvalue weighted by molar-refractivity contribution is 7.19. The molecule has 44 heavy (non-hydrogen) atoms. The zero-order valence-electron chi connectivity index (χ0n) is 24.0. The van der Waals surface area contributed by atoms with E-state index in [-0.39, 0.29) is 0 Å². The largest absolute Gasteiger partial charge is 0.252 e. The fraction of sp³-hybridized carbons (Fsp3) is 0. The van der Waals surface area contributed by atoms with Crippen molar-refractivity contribution in [2.45, 2.75) is 0 Å². The highest BCUT2D eigenvalue weighted by Gasteiger charge is 2.41. The van der Waals surface area contributed by atoms with Crippen LogP contribution >= 0.6 is 11.6 Å². The number of hydrogen-bond acceptors (Lipinski definition) is 2. The van der Waals surface area contributed by atoms with E-state index in [1.54, 1.807) is 0 Å². The topological polar surface area (TPSA) is 25.8 Å². The Morgan fingerprint density at radius 2 is 0.795 bits per heavy atom. The van der Waals surface area contributed by atoms with Crippen molar-refractivity contribution >= 4 is 40.4 Å². The minimum absolute atomic E-state index is 0.736. The van der Waals surface area contributed by atoms with Gasteiger partial charge in [0.15, 0.2) is 8.07 Å². The van der Waals surface area contributed by atoms with Gasteiger partial charge in [-0.15, -0.1) is 0 Å². The summed E-state index contributed by atoms with van der Waals surface area (Å²) >= 11 is 6.40. The number of halogens is 1. The number of aromatic nitrogens is 2. The Bertz CT molecular complexity index is 1940. The van der Waals surface area contributed by atoms with Crippen molar-refractivity contribution < 1.29 is 0 Å². The smallest absolute Gasteiger partial charge is 0.179 e. The second kappa shape index (κ2) is 12.3. The summed E-state index contributed by atoms with van der Waals surface area (Å²) in [7, 11) is -2.66. The highest BCUT2D eigenvalue weighted by atomic mass is 35.5. The molecule has 0 spiro atoms. The van der Waals surface area contributed by atoms with Crippen molar-refractivity contribution in [2.75, 3.05) is 0 Å². The van der Waals surface area contributed by atoms with E-state index >= 15 is 0 Å². The Labute approximate surface area is 264 Å². The second-order valence-electron chi connectivity index (χ2n) is 10.8.